The molecule has 0 fully saturated rings. The van der Waals surface area contributed by atoms with Gasteiger partial charge in [0.25, 0.3) is 0 Å². The summed E-state index contributed by atoms with van der Waals surface area (Å²) in [7, 11) is 0. The Morgan fingerprint density at radius 3 is 2.75 bits per heavy atom. The average Bonchev–Trinajstić information content (AvgIpc) is 2.30. The molecule has 0 saturated heterocycles. The fourth-order valence-electron chi connectivity index (χ4n) is 1.59. The maximum Gasteiger partial charge on any atom is 0.340 e. The van der Waals surface area contributed by atoms with E-state index in [2.05, 4.69) is 4.98 Å². The van der Waals surface area contributed by atoms with E-state index in [0.717, 1.165) is 10.8 Å². The van der Waals surface area contributed by atoms with Crippen molar-refractivity contribution in [3.05, 3.63) is 36.0 Å². The highest BCUT2D eigenvalue weighted by Gasteiger charge is 2.12. The van der Waals surface area contributed by atoms with Crippen molar-refractivity contribution in [1.29, 1.82) is 0 Å². The molecule has 0 radical (unpaired) electrons. The quantitative estimate of drug-likeness (QED) is 0.780. The summed E-state index contributed by atoms with van der Waals surface area (Å²) in [5.41, 5.74) is 6.19. The van der Waals surface area contributed by atoms with Crippen LogP contribution in [0.5, 0.6) is 0 Å². The first kappa shape index (κ1) is 10.4. The Hall–Kier alpha value is -2.10. The first-order chi connectivity index (χ1) is 7.74. The van der Waals surface area contributed by atoms with E-state index in [1.807, 2.05) is 24.3 Å². The molecule has 16 heavy (non-hydrogen) atoms. The minimum absolute atomic E-state index is 0.345. The van der Waals surface area contributed by atoms with Crippen molar-refractivity contribution in [1.82, 2.24) is 4.98 Å². The third kappa shape index (κ3) is 1.69. The van der Waals surface area contributed by atoms with Gasteiger partial charge in [0.1, 0.15) is 5.82 Å². The van der Waals surface area contributed by atoms with Crippen molar-refractivity contribution >= 4 is 22.6 Å². The number of pyridine rings is 1. The molecule has 0 amide bonds. The van der Waals surface area contributed by atoms with E-state index in [-0.39, 0.29) is 5.97 Å². The maximum absolute atomic E-state index is 11.7. The molecule has 0 unspecified atom stereocenters. The topological polar surface area (TPSA) is 65.2 Å². The number of anilines is 1. The number of ether oxygens (including phenoxy) is 1. The summed E-state index contributed by atoms with van der Waals surface area (Å²) >= 11 is 0. The van der Waals surface area contributed by atoms with E-state index in [1.165, 1.54) is 6.20 Å². The lowest BCUT2D eigenvalue weighted by molar-refractivity contribution is 0.0528. The summed E-state index contributed by atoms with van der Waals surface area (Å²) in [5.74, 6) is 0.0508. The van der Waals surface area contributed by atoms with Crippen LogP contribution in [0.3, 0.4) is 0 Å². The normalized spacial score (nSPS) is 10.3. The number of fused-ring (bicyclic) bond motifs is 1. The van der Waals surface area contributed by atoms with E-state index in [1.54, 1.807) is 6.92 Å². The predicted octanol–water partition coefficient (Wildman–Crippen LogP) is 1.99. The average molecular weight is 216 g/mol. The number of carbonyl (C=O) groups excluding carboxylic acids is 1. The van der Waals surface area contributed by atoms with E-state index in [0.29, 0.717) is 18.0 Å². The van der Waals surface area contributed by atoms with Crippen LogP contribution in [0.15, 0.2) is 30.5 Å². The minimum Gasteiger partial charge on any atom is -0.462 e. The molecule has 1 aromatic heterocycles. The third-order valence-electron chi connectivity index (χ3n) is 2.32. The van der Waals surface area contributed by atoms with Crippen LogP contribution in [-0.4, -0.2) is 17.6 Å². The third-order valence-corrected chi connectivity index (χ3v) is 2.32. The molecule has 0 aliphatic rings. The molecule has 0 aliphatic carbocycles. The molecule has 2 aromatic rings. The highest BCUT2D eigenvalue weighted by Crippen LogP contribution is 2.22. The van der Waals surface area contributed by atoms with Crippen molar-refractivity contribution in [2.45, 2.75) is 6.92 Å². The molecule has 4 heteroatoms. The smallest absolute Gasteiger partial charge is 0.340 e. The maximum atomic E-state index is 11.7. The lowest BCUT2D eigenvalue weighted by Gasteiger charge is -2.06. The monoisotopic (exact) mass is 216 g/mol. The molecule has 4 nitrogen and oxygen atoms in total. The van der Waals surface area contributed by atoms with Gasteiger partial charge in [0.15, 0.2) is 0 Å². The summed E-state index contributed by atoms with van der Waals surface area (Å²) in [6, 6.07) is 7.37. The number of hydrogen-bond donors (Lipinski definition) is 1. The summed E-state index contributed by atoms with van der Waals surface area (Å²) < 4.78 is 4.96. The van der Waals surface area contributed by atoms with Crippen molar-refractivity contribution < 1.29 is 9.53 Å². The predicted molar refractivity (Wildman–Crippen MR) is 62.1 cm³/mol. The van der Waals surface area contributed by atoms with Gasteiger partial charge in [0.2, 0.25) is 0 Å². The van der Waals surface area contributed by atoms with Crippen LogP contribution in [0.1, 0.15) is 17.3 Å². The van der Waals surface area contributed by atoms with E-state index < -0.39 is 0 Å². The van der Waals surface area contributed by atoms with Gasteiger partial charge in [0, 0.05) is 17.0 Å². The molecule has 2 N–H and O–H groups in total. The minimum atomic E-state index is -0.369. The van der Waals surface area contributed by atoms with E-state index in [9.17, 15) is 4.79 Å². The van der Waals surface area contributed by atoms with Crippen molar-refractivity contribution in [3.8, 4) is 0 Å². The van der Waals surface area contributed by atoms with Crippen LogP contribution in [0.4, 0.5) is 5.82 Å². The second-order valence-electron chi connectivity index (χ2n) is 3.32. The standard InChI is InChI=1S/C12H12N2O2/c1-2-16-12(15)10-7-14-11(13)9-6-4-3-5-8(9)10/h3-7H,2H2,1H3,(H2,13,14). The van der Waals surface area contributed by atoms with Gasteiger partial charge in [0.05, 0.1) is 12.2 Å². The molecular weight excluding hydrogens is 204 g/mol. The largest absolute Gasteiger partial charge is 0.462 e. The van der Waals surface area contributed by atoms with E-state index >= 15 is 0 Å². The van der Waals surface area contributed by atoms with Crippen molar-refractivity contribution in [3.63, 3.8) is 0 Å². The van der Waals surface area contributed by atoms with Gasteiger partial charge < -0.3 is 10.5 Å². The molecule has 2 rings (SSSR count). The Morgan fingerprint density at radius 1 is 1.38 bits per heavy atom. The van der Waals surface area contributed by atoms with Crippen LogP contribution in [0.25, 0.3) is 10.8 Å². The van der Waals surface area contributed by atoms with E-state index in [4.69, 9.17) is 10.5 Å². The molecule has 82 valence electrons. The number of esters is 1. The SMILES string of the molecule is CCOC(=O)c1cnc(N)c2ccccc12. The Bertz CT molecular complexity index is 538. The Morgan fingerprint density at radius 2 is 2.06 bits per heavy atom. The first-order valence-corrected chi connectivity index (χ1v) is 5.04. The number of carbonyl (C=O) groups is 1. The molecule has 1 heterocycles. The molecule has 1 aromatic carbocycles. The number of nitrogens with two attached hydrogens (primary N) is 1. The van der Waals surface area contributed by atoms with Gasteiger partial charge in [-0.05, 0) is 6.92 Å². The van der Waals surface area contributed by atoms with Crippen molar-refractivity contribution in [2.24, 2.45) is 0 Å². The summed E-state index contributed by atoms with van der Waals surface area (Å²) in [6.07, 6.45) is 1.45. The van der Waals surface area contributed by atoms with Gasteiger partial charge >= 0.3 is 5.97 Å². The molecule has 0 atom stereocenters. The number of rotatable bonds is 2. The molecular formula is C12H12N2O2. The zero-order chi connectivity index (χ0) is 11.5. The van der Waals surface area contributed by atoms with Crippen LogP contribution in [0, 0.1) is 0 Å². The number of aromatic nitrogens is 1. The van der Waals surface area contributed by atoms with Gasteiger partial charge in [-0.15, -0.1) is 0 Å². The number of hydrogen-bond acceptors (Lipinski definition) is 4. The fourth-order valence-corrected chi connectivity index (χ4v) is 1.59. The second kappa shape index (κ2) is 4.18. The number of benzene rings is 1. The number of nitrogens with zero attached hydrogens (tertiary/aromatic N) is 1. The summed E-state index contributed by atoms with van der Waals surface area (Å²) in [4.78, 5) is 15.7. The number of nitrogen functional groups attached to an aromatic ring is 1. The summed E-state index contributed by atoms with van der Waals surface area (Å²) in [6.45, 7) is 2.11. The molecule has 0 aliphatic heterocycles. The van der Waals surface area contributed by atoms with Gasteiger partial charge in [-0.25, -0.2) is 9.78 Å². The summed E-state index contributed by atoms with van der Waals surface area (Å²) in [5, 5.41) is 1.54. The molecule has 0 bridgehead atoms. The fraction of sp³-hybridized carbons (Fsp3) is 0.167. The first-order valence-electron chi connectivity index (χ1n) is 5.04. The Balaban J connectivity index is 2.63. The van der Waals surface area contributed by atoms with Gasteiger partial charge in [-0.3, -0.25) is 0 Å². The zero-order valence-electron chi connectivity index (χ0n) is 8.93. The molecule has 0 saturated carbocycles. The Kier molecular flexibility index (Phi) is 2.72. The lowest BCUT2D eigenvalue weighted by atomic mass is 10.1. The van der Waals surface area contributed by atoms with Crippen molar-refractivity contribution in [2.75, 3.05) is 12.3 Å². The van der Waals surface area contributed by atoms with Crippen LogP contribution >= 0.6 is 0 Å². The highest BCUT2D eigenvalue weighted by molar-refractivity contribution is 6.06. The second-order valence-corrected chi connectivity index (χ2v) is 3.32. The van der Waals surface area contributed by atoms with Crippen LogP contribution < -0.4 is 5.73 Å². The van der Waals surface area contributed by atoms with Crippen LogP contribution in [0.2, 0.25) is 0 Å². The molecule has 0 spiro atoms. The van der Waals surface area contributed by atoms with Gasteiger partial charge in [-0.2, -0.15) is 0 Å². The zero-order valence-corrected chi connectivity index (χ0v) is 8.93. The highest BCUT2D eigenvalue weighted by atomic mass is 16.5. The Labute approximate surface area is 93.0 Å². The lowest BCUT2D eigenvalue weighted by Crippen LogP contribution is -2.07. The van der Waals surface area contributed by atoms with Crippen LogP contribution in [-0.2, 0) is 4.74 Å². The van der Waals surface area contributed by atoms with Gasteiger partial charge in [-0.1, -0.05) is 24.3 Å².